The molecule has 0 N–H and O–H groups in total. The number of pyridine rings is 1. The first-order valence-corrected chi connectivity index (χ1v) is 15.2. The molecular formula is C33H35N3O3S. The van der Waals surface area contributed by atoms with E-state index in [9.17, 15) is 4.79 Å². The van der Waals surface area contributed by atoms with Gasteiger partial charge in [-0.1, -0.05) is 36.4 Å². The number of benzene rings is 3. The fraction of sp³-hybridized carbons (Fsp3) is 0.333. The van der Waals surface area contributed by atoms with Crippen LogP contribution in [0.3, 0.4) is 0 Å². The average molecular weight is 554 g/mol. The van der Waals surface area contributed by atoms with Gasteiger partial charge in [-0.2, -0.15) is 0 Å². The molecule has 0 radical (unpaired) electrons. The Hall–Kier alpha value is -3.55. The monoisotopic (exact) mass is 553 g/mol. The molecule has 3 heterocycles. The van der Waals surface area contributed by atoms with E-state index < -0.39 is 0 Å². The SMILES string of the molecule is O=C(Cc1ccccc1)Oc1ccc2ccc(OCCCCN3CCN(c4cccc5c4CCS5)CC3)cc2n1. The maximum Gasteiger partial charge on any atom is 0.316 e. The van der Waals surface area contributed by atoms with Crippen LogP contribution in [0.15, 0.2) is 83.8 Å². The summed E-state index contributed by atoms with van der Waals surface area (Å²) in [5, 5.41) is 0.980. The molecule has 6 rings (SSSR count). The van der Waals surface area contributed by atoms with Crippen molar-refractivity contribution in [3.63, 3.8) is 0 Å². The third-order valence-corrected chi connectivity index (χ3v) is 8.72. The third-order valence-electron chi connectivity index (χ3n) is 7.62. The zero-order valence-corrected chi connectivity index (χ0v) is 23.6. The number of nitrogens with zero attached hydrogens (tertiary/aromatic N) is 3. The minimum atomic E-state index is -0.324. The first-order valence-electron chi connectivity index (χ1n) is 14.2. The summed E-state index contributed by atoms with van der Waals surface area (Å²) in [6, 6.07) is 25.9. The molecule has 3 aromatic carbocycles. The van der Waals surface area contributed by atoms with Gasteiger partial charge in [-0.3, -0.25) is 9.69 Å². The van der Waals surface area contributed by atoms with Gasteiger partial charge < -0.3 is 14.4 Å². The molecule has 1 fully saturated rings. The van der Waals surface area contributed by atoms with Gasteiger partial charge in [0.1, 0.15) is 5.75 Å². The fourth-order valence-electron chi connectivity index (χ4n) is 5.48. The molecule has 0 spiro atoms. The predicted molar refractivity (Wildman–Crippen MR) is 162 cm³/mol. The van der Waals surface area contributed by atoms with Crippen LogP contribution in [0.2, 0.25) is 0 Å². The number of hydrogen-bond acceptors (Lipinski definition) is 7. The van der Waals surface area contributed by atoms with E-state index in [1.807, 2.05) is 66.4 Å². The number of aromatic nitrogens is 1. The van der Waals surface area contributed by atoms with Crippen molar-refractivity contribution in [1.82, 2.24) is 9.88 Å². The van der Waals surface area contributed by atoms with Crippen LogP contribution in [0.4, 0.5) is 5.69 Å². The van der Waals surface area contributed by atoms with Crippen LogP contribution < -0.4 is 14.4 Å². The Kier molecular flexibility index (Phi) is 8.50. The normalized spacial score (nSPS) is 15.2. The van der Waals surface area contributed by atoms with Crippen LogP contribution in [0.25, 0.3) is 10.9 Å². The van der Waals surface area contributed by atoms with Crippen molar-refractivity contribution in [3.05, 3.63) is 90.0 Å². The molecule has 2 aliphatic heterocycles. The summed E-state index contributed by atoms with van der Waals surface area (Å²) in [4.78, 5) is 23.5. The van der Waals surface area contributed by atoms with Crippen molar-refractivity contribution in [2.75, 3.05) is 50.0 Å². The first-order chi connectivity index (χ1) is 19.7. The van der Waals surface area contributed by atoms with Crippen LogP contribution in [0.5, 0.6) is 11.6 Å². The van der Waals surface area contributed by atoms with Gasteiger partial charge in [0.25, 0.3) is 0 Å². The average Bonchev–Trinajstić information content (AvgIpc) is 3.47. The Balaban J connectivity index is 0.933. The van der Waals surface area contributed by atoms with E-state index in [4.69, 9.17) is 9.47 Å². The van der Waals surface area contributed by atoms with Crippen molar-refractivity contribution in [2.45, 2.75) is 30.6 Å². The molecule has 0 saturated carbocycles. The Morgan fingerprint density at radius 3 is 2.62 bits per heavy atom. The van der Waals surface area contributed by atoms with Gasteiger partial charge in [0.05, 0.1) is 18.5 Å². The number of carbonyl (C=O) groups excluding carboxylic acids is 1. The molecule has 6 nitrogen and oxygen atoms in total. The summed E-state index contributed by atoms with van der Waals surface area (Å²) < 4.78 is 11.5. The lowest BCUT2D eigenvalue weighted by Gasteiger charge is -2.37. The Bertz CT molecular complexity index is 1450. The van der Waals surface area contributed by atoms with Crippen molar-refractivity contribution in [1.29, 1.82) is 0 Å². The van der Waals surface area contributed by atoms with E-state index in [1.165, 1.54) is 22.8 Å². The smallest absolute Gasteiger partial charge is 0.316 e. The van der Waals surface area contributed by atoms with Gasteiger partial charge in [-0.15, -0.1) is 11.8 Å². The van der Waals surface area contributed by atoms with Gasteiger partial charge in [0, 0.05) is 60.0 Å². The molecule has 1 saturated heterocycles. The number of ether oxygens (including phenoxy) is 2. The van der Waals surface area contributed by atoms with E-state index in [-0.39, 0.29) is 12.4 Å². The zero-order valence-electron chi connectivity index (χ0n) is 22.8. The molecule has 4 aromatic rings. The van der Waals surface area contributed by atoms with Crippen molar-refractivity contribution in [3.8, 4) is 11.6 Å². The second kappa shape index (κ2) is 12.7. The molecule has 0 atom stereocenters. The highest BCUT2D eigenvalue weighted by atomic mass is 32.2. The number of thioether (sulfide) groups is 1. The van der Waals surface area contributed by atoms with E-state index in [0.29, 0.717) is 12.5 Å². The fourth-order valence-corrected chi connectivity index (χ4v) is 6.56. The molecule has 2 aliphatic rings. The second-order valence-electron chi connectivity index (χ2n) is 10.4. The molecule has 0 amide bonds. The molecule has 0 bridgehead atoms. The number of anilines is 1. The Morgan fingerprint density at radius 1 is 0.900 bits per heavy atom. The summed E-state index contributed by atoms with van der Waals surface area (Å²) in [7, 11) is 0. The van der Waals surface area contributed by atoms with E-state index in [0.717, 1.165) is 67.8 Å². The summed E-state index contributed by atoms with van der Waals surface area (Å²) in [5.74, 6) is 1.99. The molecule has 206 valence electrons. The largest absolute Gasteiger partial charge is 0.494 e. The first kappa shape index (κ1) is 26.7. The third kappa shape index (κ3) is 6.60. The predicted octanol–water partition coefficient (Wildman–Crippen LogP) is 6.01. The molecule has 40 heavy (non-hydrogen) atoms. The van der Waals surface area contributed by atoms with Gasteiger partial charge in [-0.25, -0.2) is 4.98 Å². The highest BCUT2D eigenvalue weighted by Crippen LogP contribution is 2.37. The van der Waals surface area contributed by atoms with Crippen LogP contribution in [-0.4, -0.2) is 60.9 Å². The van der Waals surface area contributed by atoms with E-state index >= 15 is 0 Å². The maximum absolute atomic E-state index is 12.3. The second-order valence-corrected chi connectivity index (χ2v) is 11.5. The number of hydrogen-bond donors (Lipinski definition) is 0. The van der Waals surface area contributed by atoms with Crippen molar-refractivity contribution >= 4 is 34.3 Å². The number of esters is 1. The van der Waals surface area contributed by atoms with Crippen molar-refractivity contribution in [2.24, 2.45) is 0 Å². The molecule has 0 unspecified atom stereocenters. The lowest BCUT2D eigenvalue weighted by molar-refractivity contribution is -0.133. The minimum Gasteiger partial charge on any atom is -0.494 e. The van der Waals surface area contributed by atoms with Gasteiger partial charge in [0.2, 0.25) is 5.88 Å². The summed E-state index contributed by atoms with van der Waals surface area (Å²) >= 11 is 1.99. The molecular weight excluding hydrogens is 518 g/mol. The van der Waals surface area contributed by atoms with Crippen LogP contribution >= 0.6 is 11.8 Å². The lowest BCUT2D eigenvalue weighted by atomic mass is 10.1. The lowest BCUT2D eigenvalue weighted by Crippen LogP contribution is -2.47. The number of unbranched alkanes of at least 4 members (excludes halogenated alkanes) is 1. The number of rotatable bonds is 10. The summed E-state index contributed by atoms with van der Waals surface area (Å²) in [6.45, 7) is 6.22. The van der Waals surface area contributed by atoms with Crippen molar-refractivity contribution < 1.29 is 14.3 Å². The van der Waals surface area contributed by atoms with E-state index in [2.05, 4.69) is 33.0 Å². The zero-order chi connectivity index (χ0) is 27.1. The van der Waals surface area contributed by atoms with Crippen LogP contribution in [0, 0.1) is 0 Å². The summed E-state index contributed by atoms with van der Waals surface area (Å²) in [5.41, 5.74) is 4.68. The Labute approximate surface area is 240 Å². The number of piperazine rings is 1. The standard InChI is InChI=1S/C33H35N3O3S/c37-33(23-25-7-2-1-3-8-25)39-32-14-12-26-11-13-27(24-29(26)34-32)38-21-5-4-16-35-17-19-36(20-18-35)30-9-6-10-31-28(30)15-22-40-31/h1-3,6-14,24H,4-5,15-23H2. The Morgan fingerprint density at radius 2 is 1.75 bits per heavy atom. The molecule has 7 heteroatoms. The topological polar surface area (TPSA) is 54.9 Å². The van der Waals surface area contributed by atoms with Crippen LogP contribution in [0.1, 0.15) is 24.0 Å². The van der Waals surface area contributed by atoms with Gasteiger partial charge in [-0.05, 0) is 67.3 Å². The quantitative estimate of drug-likeness (QED) is 0.176. The maximum atomic E-state index is 12.3. The molecule has 1 aromatic heterocycles. The highest BCUT2D eigenvalue weighted by molar-refractivity contribution is 7.99. The number of carbonyl (C=O) groups is 1. The molecule has 0 aliphatic carbocycles. The minimum absolute atomic E-state index is 0.216. The van der Waals surface area contributed by atoms with Crippen LogP contribution in [-0.2, 0) is 17.6 Å². The summed E-state index contributed by atoms with van der Waals surface area (Å²) in [6.07, 6.45) is 3.54. The highest BCUT2D eigenvalue weighted by Gasteiger charge is 2.22. The number of fused-ring (bicyclic) bond motifs is 2. The van der Waals surface area contributed by atoms with E-state index in [1.54, 1.807) is 11.6 Å². The van der Waals surface area contributed by atoms with Gasteiger partial charge in [0.15, 0.2) is 0 Å². The van der Waals surface area contributed by atoms with Gasteiger partial charge >= 0.3 is 5.97 Å².